The summed E-state index contributed by atoms with van der Waals surface area (Å²) in [4.78, 5) is 13.7. The summed E-state index contributed by atoms with van der Waals surface area (Å²) < 4.78 is 47.0. The van der Waals surface area contributed by atoms with Gasteiger partial charge in [0.25, 0.3) is 0 Å². The van der Waals surface area contributed by atoms with Crippen LogP contribution in [0, 0.1) is 5.82 Å². The van der Waals surface area contributed by atoms with Crippen molar-refractivity contribution in [3.05, 3.63) is 46.9 Å². The van der Waals surface area contributed by atoms with Crippen molar-refractivity contribution < 1.29 is 27.5 Å². The van der Waals surface area contributed by atoms with Crippen LogP contribution >= 0.6 is 11.6 Å². The molecule has 1 saturated heterocycles. The fraction of sp³-hybridized carbons (Fsp3) is 0.381. The second-order valence-corrected chi connectivity index (χ2v) is 7.89. The van der Waals surface area contributed by atoms with Crippen LogP contribution in [0.2, 0.25) is 5.02 Å². The van der Waals surface area contributed by atoms with Gasteiger partial charge in [0, 0.05) is 29.9 Å². The number of halogens is 5. The van der Waals surface area contributed by atoms with Crippen LogP contribution in [0.15, 0.2) is 30.5 Å². The number of nitrogens with one attached hydrogen (secondary N) is 3. The molecule has 1 fully saturated rings. The number of anilines is 3. The Morgan fingerprint density at radius 3 is 2.68 bits per heavy atom. The summed E-state index contributed by atoms with van der Waals surface area (Å²) in [5.41, 5.74) is 2.47. The summed E-state index contributed by atoms with van der Waals surface area (Å²) in [6.45, 7) is 4.07. The molecule has 0 radical (unpaired) electrons. The molecule has 3 aromatic rings. The summed E-state index contributed by atoms with van der Waals surface area (Å²) >= 11 is 5.94. The number of fused-ring (bicyclic) bond motifs is 1. The highest BCUT2D eigenvalue weighted by atomic mass is 35.5. The van der Waals surface area contributed by atoms with Gasteiger partial charge in [-0.3, -0.25) is 0 Å². The van der Waals surface area contributed by atoms with E-state index < -0.39 is 18.0 Å². The Labute approximate surface area is 197 Å². The molecule has 1 atom stereocenters. The van der Waals surface area contributed by atoms with Gasteiger partial charge in [-0.1, -0.05) is 18.5 Å². The minimum absolute atomic E-state index is 0.0791. The Morgan fingerprint density at radius 2 is 2.09 bits per heavy atom. The lowest BCUT2D eigenvalue weighted by molar-refractivity contribution is -0.192. The zero-order chi connectivity index (χ0) is 24.9. The zero-order valence-corrected chi connectivity index (χ0v) is 18.8. The van der Waals surface area contributed by atoms with Gasteiger partial charge in [-0.15, -0.1) is 0 Å². The Morgan fingerprint density at radius 1 is 1.35 bits per heavy atom. The Balaban J connectivity index is 0.000000406. The van der Waals surface area contributed by atoms with E-state index >= 15 is 0 Å². The smallest absolute Gasteiger partial charge is 0.475 e. The highest BCUT2D eigenvalue weighted by Gasteiger charge is 2.38. The number of aromatic nitrogens is 3. The second kappa shape index (κ2) is 10.9. The normalized spacial score (nSPS) is 16.0. The molecule has 1 aliphatic rings. The lowest BCUT2D eigenvalue weighted by Gasteiger charge is -2.26. The molecule has 1 unspecified atom stereocenters. The van der Waals surface area contributed by atoms with Gasteiger partial charge >= 0.3 is 12.1 Å². The van der Waals surface area contributed by atoms with Crippen LogP contribution in [-0.4, -0.2) is 51.0 Å². The van der Waals surface area contributed by atoms with E-state index in [0.717, 1.165) is 55.2 Å². The van der Waals surface area contributed by atoms with Crippen molar-refractivity contribution in [2.75, 3.05) is 23.7 Å². The number of hydrogen-bond acceptors (Lipinski definition) is 6. The monoisotopic (exact) mass is 502 g/mol. The summed E-state index contributed by atoms with van der Waals surface area (Å²) in [6, 6.07) is 6.80. The van der Waals surface area contributed by atoms with Crippen LogP contribution < -0.4 is 16.0 Å². The Bertz CT molecular complexity index is 1150. The number of aliphatic carboxylic acids is 1. The fourth-order valence-electron chi connectivity index (χ4n) is 3.44. The first kappa shape index (κ1) is 25.5. The molecule has 34 heavy (non-hydrogen) atoms. The molecule has 0 spiro atoms. The van der Waals surface area contributed by atoms with Crippen LogP contribution in [0.5, 0.6) is 0 Å². The number of alkyl halides is 3. The maximum atomic E-state index is 13.5. The molecule has 8 nitrogen and oxygen atoms in total. The van der Waals surface area contributed by atoms with Crippen LogP contribution in [-0.2, 0) is 11.2 Å². The molecule has 4 N–H and O–H groups in total. The molecule has 184 valence electrons. The topological polar surface area (TPSA) is 104 Å². The second-order valence-electron chi connectivity index (χ2n) is 7.49. The van der Waals surface area contributed by atoms with Crippen LogP contribution in [0.1, 0.15) is 25.3 Å². The molecule has 0 bridgehead atoms. The molecule has 13 heteroatoms. The van der Waals surface area contributed by atoms with Gasteiger partial charge in [0.2, 0.25) is 0 Å². The molecule has 0 amide bonds. The highest BCUT2D eigenvalue weighted by molar-refractivity contribution is 6.31. The van der Waals surface area contributed by atoms with E-state index in [0.29, 0.717) is 11.7 Å². The van der Waals surface area contributed by atoms with Gasteiger partial charge in [0.05, 0.1) is 11.2 Å². The highest BCUT2D eigenvalue weighted by Crippen LogP contribution is 2.30. The van der Waals surface area contributed by atoms with Crippen molar-refractivity contribution in [1.82, 2.24) is 19.9 Å². The van der Waals surface area contributed by atoms with Crippen molar-refractivity contribution >= 4 is 40.5 Å². The number of carboxylic acids is 1. The van der Waals surface area contributed by atoms with Crippen LogP contribution in [0.4, 0.5) is 34.9 Å². The number of hydrogen-bond donors (Lipinski definition) is 4. The standard InChI is InChI=1S/C19H22ClFN6.C2HF3O2/c1-2-14-18(24-13-4-3-8-22-11-13)26-17-7-9-23-27(17)19(14)25-12-5-6-16(21)15(20)10-12;3-2(4,5)1(6)7/h5-7,9-10,13,22,25H,2-4,8,11H2,1H3,(H,24,26);(H,6,7). The van der Waals surface area contributed by atoms with Gasteiger partial charge in [-0.25, -0.2) is 14.2 Å². The quantitative estimate of drug-likeness (QED) is 0.377. The summed E-state index contributed by atoms with van der Waals surface area (Å²) in [7, 11) is 0. The maximum Gasteiger partial charge on any atom is 0.490 e. The molecule has 0 aliphatic carbocycles. The van der Waals surface area contributed by atoms with Crippen molar-refractivity contribution in [2.24, 2.45) is 0 Å². The van der Waals surface area contributed by atoms with E-state index in [1.807, 2.05) is 6.07 Å². The van der Waals surface area contributed by atoms with Gasteiger partial charge in [0.1, 0.15) is 17.5 Å². The summed E-state index contributed by atoms with van der Waals surface area (Å²) in [5, 5.41) is 22.0. The fourth-order valence-corrected chi connectivity index (χ4v) is 3.62. The minimum Gasteiger partial charge on any atom is -0.475 e. The largest absolute Gasteiger partial charge is 0.490 e. The summed E-state index contributed by atoms with van der Waals surface area (Å²) in [5.74, 6) is -1.53. The van der Waals surface area contributed by atoms with E-state index in [-0.39, 0.29) is 5.02 Å². The molecule has 1 aliphatic heterocycles. The SMILES string of the molecule is CCc1c(NC2CCCNC2)nc2ccnn2c1Nc1ccc(F)c(Cl)c1.O=C(O)C(F)(F)F. The molecular weight excluding hydrogens is 480 g/mol. The molecule has 1 aromatic carbocycles. The molecule has 4 rings (SSSR count). The van der Waals surface area contributed by atoms with Crippen molar-refractivity contribution in [2.45, 2.75) is 38.4 Å². The van der Waals surface area contributed by atoms with E-state index in [1.54, 1.807) is 22.8 Å². The number of carboxylic acid groups (broad SMARTS) is 1. The lowest BCUT2D eigenvalue weighted by Crippen LogP contribution is -2.39. The first-order valence-corrected chi connectivity index (χ1v) is 10.8. The number of piperidine rings is 1. The molecule has 3 heterocycles. The van der Waals surface area contributed by atoms with E-state index in [1.165, 1.54) is 6.07 Å². The first-order chi connectivity index (χ1) is 16.1. The number of rotatable bonds is 5. The predicted octanol–water partition coefficient (Wildman–Crippen LogP) is 4.63. The molecule has 0 saturated carbocycles. The summed E-state index contributed by atoms with van der Waals surface area (Å²) in [6.07, 6.45) is -0.342. The van der Waals surface area contributed by atoms with Gasteiger partial charge in [-0.05, 0) is 44.0 Å². The Kier molecular flexibility index (Phi) is 8.15. The predicted molar refractivity (Wildman–Crippen MR) is 120 cm³/mol. The number of carbonyl (C=O) groups is 1. The van der Waals surface area contributed by atoms with Gasteiger partial charge in [-0.2, -0.15) is 22.8 Å². The average Bonchev–Trinajstić information content (AvgIpc) is 3.25. The van der Waals surface area contributed by atoms with Gasteiger partial charge in [0.15, 0.2) is 5.65 Å². The maximum absolute atomic E-state index is 13.5. The molecule has 2 aromatic heterocycles. The third-order valence-electron chi connectivity index (χ3n) is 5.05. The van der Waals surface area contributed by atoms with Crippen molar-refractivity contribution in [3.63, 3.8) is 0 Å². The van der Waals surface area contributed by atoms with E-state index in [2.05, 4.69) is 28.0 Å². The number of nitrogens with zero attached hydrogens (tertiary/aromatic N) is 3. The van der Waals surface area contributed by atoms with E-state index in [9.17, 15) is 17.6 Å². The van der Waals surface area contributed by atoms with Crippen LogP contribution in [0.25, 0.3) is 5.65 Å². The minimum atomic E-state index is -5.08. The van der Waals surface area contributed by atoms with E-state index in [4.69, 9.17) is 26.5 Å². The third kappa shape index (κ3) is 6.26. The third-order valence-corrected chi connectivity index (χ3v) is 5.34. The zero-order valence-electron chi connectivity index (χ0n) is 18.1. The van der Waals surface area contributed by atoms with Gasteiger partial charge < -0.3 is 21.1 Å². The number of benzene rings is 1. The molecular formula is C21H23ClF4N6O2. The van der Waals surface area contributed by atoms with Crippen molar-refractivity contribution in [1.29, 1.82) is 0 Å². The van der Waals surface area contributed by atoms with Crippen LogP contribution in [0.3, 0.4) is 0 Å². The average molecular weight is 503 g/mol. The Hall–Kier alpha value is -3.12. The first-order valence-electron chi connectivity index (χ1n) is 10.5. The van der Waals surface area contributed by atoms with Crippen molar-refractivity contribution in [3.8, 4) is 0 Å². The lowest BCUT2D eigenvalue weighted by atomic mass is 10.1.